The highest BCUT2D eigenvalue weighted by molar-refractivity contribution is 5.96. The molecule has 0 saturated heterocycles. The molecule has 7 nitrogen and oxygen atoms in total. The Morgan fingerprint density at radius 2 is 2.10 bits per heavy atom. The molecule has 104 valence electrons. The van der Waals surface area contributed by atoms with Crippen molar-refractivity contribution in [3.63, 3.8) is 0 Å². The fourth-order valence-electron chi connectivity index (χ4n) is 1.56. The summed E-state index contributed by atoms with van der Waals surface area (Å²) in [4.78, 5) is 9.95. The van der Waals surface area contributed by atoms with Crippen LogP contribution in [-0.4, -0.2) is 17.7 Å². The first-order valence-corrected chi connectivity index (χ1v) is 5.79. The number of rotatable bonds is 5. The normalized spacial score (nSPS) is 11.2. The SMILES string of the molecule is COc1ccccc1NN=C(C)c1ccc([N+](=O)[O-])o1. The highest BCUT2D eigenvalue weighted by Gasteiger charge is 2.13. The molecule has 0 aliphatic carbocycles. The average Bonchev–Trinajstić information content (AvgIpc) is 2.95. The lowest BCUT2D eigenvalue weighted by Crippen LogP contribution is -1.99. The summed E-state index contributed by atoms with van der Waals surface area (Å²) in [7, 11) is 1.56. The molecule has 0 amide bonds. The van der Waals surface area contributed by atoms with Crippen LogP contribution in [0.15, 0.2) is 45.9 Å². The van der Waals surface area contributed by atoms with Crippen LogP contribution in [0.1, 0.15) is 12.7 Å². The van der Waals surface area contributed by atoms with Crippen molar-refractivity contribution in [3.8, 4) is 5.75 Å². The number of nitrogens with zero attached hydrogens (tertiary/aromatic N) is 2. The fraction of sp³-hybridized carbons (Fsp3) is 0.154. The van der Waals surface area contributed by atoms with Crippen molar-refractivity contribution in [2.24, 2.45) is 5.10 Å². The Bertz CT molecular complexity index is 649. The van der Waals surface area contributed by atoms with Gasteiger partial charge >= 0.3 is 5.88 Å². The van der Waals surface area contributed by atoms with E-state index in [-0.39, 0.29) is 5.88 Å². The van der Waals surface area contributed by atoms with Crippen LogP contribution >= 0.6 is 0 Å². The Morgan fingerprint density at radius 3 is 2.75 bits per heavy atom. The highest BCUT2D eigenvalue weighted by atomic mass is 16.6. The number of para-hydroxylation sites is 2. The second kappa shape index (κ2) is 5.87. The van der Waals surface area contributed by atoms with Gasteiger partial charge in [0.25, 0.3) is 0 Å². The lowest BCUT2D eigenvalue weighted by Gasteiger charge is -2.07. The molecule has 1 aromatic carbocycles. The zero-order chi connectivity index (χ0) is 14.5. The Balaban J connectivity index is 2.16. The molecule has 7 heteroatoms. The number of hydrogen-bond acceptors (Lipinski definition) is 6. The second-order valence-electron chi connectivity index (χ2n) is 3.90. The van der Waals surface area contributed by atoms with Crippen molar-refractivity contribution in [1.82, 2.24) is 0 Å². The van der Waals surface area contributed by atoms with Crippen LogP contribution in [-0.2, 0) is 0 Å². The third-order valence-electron chi connectivity index (χ3n) is 2.58. The molecular formula is C13H13N3O4. The monoisotopic (exact) mass is 275 g/mol. The molecule has 0 fully saturated rings. The number of ether oxygens (including phenoxy) is 1. The largest absolute Gasteiger partial charge is 0.495 e. The van der Waals surface area contributed by atoms with Gasteiger partial charge in [-0.2, -0.15) is 5.10 Å². The summed E-state index contributed by atoms with van der Waals surface area (Å²) in [5, 5.41) is 14.7. The van der Waals surface area contributed by atoms with Crippen molar-refractivity contribution in [2.75, 3.05) is 12.5 Å². The number of nitrogens with one attached hydrogen (secondary N) is 1. The molecule has 0 saturated carbocycles. The van der Waals surface area contributed by atoms with Gasteiger partial charge in [0.05, 0.1) is 18.9 Å². The Hall–Kier alpha value is -2.83. The first-order chi connectivity index (χ1) is 9.61. The van der Waals surface area contributed by atoms with E-state index in [4.69, 9.17) is 9.15 Å². The van der Waals surface area contributed by atoms with Crippen LogP contribution < -0.4 is 10.2 Å². The Morgan fingerprint density at radius 1 is 1.35 bits per heavy atom. The molecule has 0 atom stereocenters. The second-order valence-corrected chi connectivity index (χ2v) is 3.90. The van der Waals surface area contributed by atoms with Crippen molar-refractivity contribution >= 4 is 17.3 Å². The van der Waals surface area contributed by atoms with E-state index in [0.29, 0.717) is 22.9 Å². The lowest BCUT2D eigenvalue weighted by atomic mass is 10.3. The molecule has 1 aromatic heterocycles. The minimum atomic E-state index is -0.593. The third kappa shape index (κ3) is 2.94. The van der Waals surface area contributed by atoms with Gasteiger partial charge in [-0.3, -0.25) is 15.5 Å². The third-order valence-corrected chi connectivity index (χ3v) is 2.58. The summed E-state index contributed by atoms with van der Waals surface area (Å²) in [6.07, 6.45) is 0. The highest BCUT2D eigenvalue weighted by Crippen LogP contribution is 2.23. The number of benzene rings is 1. The van der Waals surface area contributed by atoms with E-state index in [2.05, 4.69) is 10.5 Å². The number of furan rings is 1. The molecule has 0 unspecified atom stereocenters. The first-order valence-electron chi connectivity index (χ1n) is 5.79. The molecular weight excluding hydrogens is 262 g/mol. The maximum Gasteiger partial charge on any atom is 0.433 e. The fourth-order valence-corrected chi connectivity index (χ4v) is 1.56. The van der Waals surface area contributed by atoms with Gasteiger partial charge in [0.15, 0.2) is 5.76 Å². The quantitative estimate of drug-likeness (QED) is 0.514. The maximum absolute atomic E-state index is 10.5. The van der Waals surface area contributed by atoms with Gasteiger partial charge in [0, 0.05) is 0 Å². The first kappa shape index (κ1) is 13.6. The molecule has 2 aromatic rings. The number of nitro groups is 1. The topological polar surface area (TPSA) is 89.9 Å². The summed E-state index contributed by atoms with van der Waals surface area (Å²) >= 11 is 0. The van der Waals surface area contributed by atoms with Gasteiger partial charge < -0.3 is 9.15 Å². The summed E-state index contributed by atoms with van der Waals surface area (Å²) in [5.74, 6) is 0.667. The average molecular weight is 275 g/mol. The van der Waals surface area contributed by atoms with Gasteiger partial charge in [0.1, 0.15) is 16.4 Å². The molecule has 0 aliphatic rings. The summed E-state index contributed by atoms with van der Waals surface area (Å²) < 4.78 is 10.2. The van der Waals surface area contributed by atoms with Crippen LogP contribution in [0, 0.1) is 10.1 Å². The minimum Gasteiger partial charge on any atom is -0.495 e. The number of hydrogen-bond donors (Lipinski definition) is 1. The molecule has 2 rings (SSSR count). The van der Waals surface area contributed by atoms with Crippen molar-refractivity contribution in [2.45, 2.75) is 6.92 Å². The molecule has 0 bridgehead atoms. The van der Waals surface area contributed by atoms with Crippen LogP contribution in [0.2, 0.25) is 0 Å². The number of anilines is 1. The number of hydrazone groups is 1. The van der Waals surface area contributed by atoms with E-state index in [1.807, 2.05) is 12.1 Å². The zero-order valence-electron chi connectivity index (χ0n) is 11.0. The van der Waals surface area contributed by atoms with E-state index in [9.17, 15) is 10.1 Å². The minimum absolute atomic E-state index is 0.313. The summed E-state index contributed by atoms with van der Waals surface area (Å²) in [6.45, 7) is 1.69. The number of methoxy groups -OCH3 is 1. The molecule has 0 radical (unpaired) electrons. The molecule has 20 heavy (non-hydrogen) atoms. The van der Waals surface area contributed by atoms with Gasteiger partial charge in [-0.05, 0) is 25.1 Å². The standard InChI is InChI=1S/C13H13N3O4/c1-9(11-7-8-13(20-11)16(17)18)14-15-10-5-3-4-6-12(10)19-2/h3-8,15H,1-2H3. The molecule has 0 spiro atoms. The Kier molecular flexibility index (Phi) is 3.99. The van der Waals surface area contributed by atoms with Crippen molar-refractivity contribution in [1.29, 1.82) is 0 Å². The summed E-state index contributed by atoms with van der Waals surface area (Å²) in [5.41, 5.74) is 4.01. The van der Waals surface area contributed by atoms with Crippen molar-refractivity contribution in [3.05, 3.63) is 52.3 Å². The molecule has 0 aliphatic heterocycles. The molecule has 1 N–H and O–H groups in total. The smallest absolute Gasteiger partial charge is 0.433 e. The van der Waals surface area contributed by atoms with Crippen LogP contribution in [0.3, 0.4) is 0 Å². The van der Waals surface area contributed by atoms with Crippen LogP contribution in [0.4, 0.5) is 11.6 Å². The zero-order valence-corrected chi connectivity index (χ0v) is 11.0. The molecule has 1 heterocycles. The van der Waals surface area contributed by atoms with Crippen LogP contribution in [0.5, 0.6) is 5.75 Å². The van der Waals surface area contributed by atoms with E-state index in [1.165, 1.54) is 12.1 Å². The van der Waals surface area contributed by atoms with Gasteiger partial charge in [0.2, 0.25) is 0 Å². The van der Waals surface area contributed by atoms with Gasteiger partial charge in [-0.25, -0.2) is 0 Å². The Labute approximate surface area is 115 Å². The maximum atomic E-state index is 10.5. The van der Waals surface area contributed by atoms with E-state index < -0.39 is 4.92 Å². The van der Waals surface area contributed by atoms with Crippen molar-refractivity contribution < 1.29 is 14.1 Å². The van der Waals surface area contributed by atoms with Gasteiger partial charge in [-0.15, -0.1) is 0 Å². The summed E-state index contributed by atoms with van der Waals surface area (Å²) in [6, 6.07) is 10.1. The van der Waals surface area contributed by atoms with Crippen LogP contribution in [0.25, 0.3) is 0 Å². The van der Waals surface area contributed by atoms with E-state index in [1.54, 1.807) is 26.2 Å². The lowest BCUT2D eigenvalue weighted by molar-refractivity contribution is -0.402. The predicted octanol–water partition coefficient (Wildman–Crippen LogP) is 3.03. The van der Waals surface area contributed by atoms with Gasteiger partial charge in [-0.1, -0.05) is 12.1 Å². The van der Waals surface area contributed by atoms with E-state index >= 15 is 0 Å². The van der Waals surface area contributed by atoms with E-state index in [0.717, 1.165) is 0 Å². The predicted molar refractivity (Wildman–Crippen MR) is 74.2 cm³/mol.